The Labute approximate surface area is 166 Å². The summed E-state index contributed by atoms with van der Waals surface area (Å²) in [6.45, 7) is 1.35. The van der Waals surface area contributed by atoms with E-state index >= 15 is 0 Å². The van der Waals surface area contributed by atoms with Crippen LogP contribution in [-0.4, -0.2) is 55.1 Å². The Morgan fingerprint density at radius 3 is 2.69 bits per heavy atom. The van der Waals surface area contributed by atoms with Crippen LogP contribution in [-0.2, 0) is 23.8 Å². The van der Waals surface area contributed by atoms with Gasteiger partial charge in [-0.25, -0.2) is 4.79 Å². The Hall–Kier alpha value is -2.76. The highest BCUT2D eigenvalue weighted by atomic mass is 32.2. The maximum atomic E-state index is 12.2. The molecule has 154 valence electrons. The molecule has 2 aromatic rings. The lowest BCUT2D eigenvalue weighted by atomic mass is 10.1. The van der Waals surface area contributed by atoms with Gasteiger partial charge in [0.25, 0.3) is 15.7 Å². The van der Waals surface area contributed by atoms with Crippen molar-refractivity contribution in [3.63, 3.8) is 0 Å². The molecular weight excluding hydrogens is 404 g/mol. The quantitative estimate of drug-likeness (QED) is 0.498. The Kier molecular flexibility index (Phi) is 4.89. The monoisotopic (exact) mass is 422 g/mol. The van der Waals surface area contributed by atoms with E-state index < -0.39 is 46.2 Å². The van der Waals surface area contributed by atoms with Crippen molar-refractivity contribution in [2.45, 2.75) is 31.5 Å². The van der Waals surface area contributed by atoms with Crippen molar-refractivity contribution >= 4 is 16.1 Å². The summed E-state index contributed by atoms with van der Waals surface area (Å²) in [4.78, 5) is 27.8. The van der Waals surface area contributed by atoms with Gasteiger partial charge < -0.3 is 14.2 Å². The number of aryl methyl sites for hydroxylation is 1. The molecule has 4 rings (SSSR count). The van der Waals surface area contributed by atoms with Crippen LogP contribution in [0.15, 0.2) is 41.3 Å². The van der Waals surface area contributed by atoms with Crippen molar-refractivity contribution in [1.82, 2.24) is 9.55 Å². The van der Waals surface area contributed by atoms with Crippen molar-refractivity contribution in [2.75, 3.05) is 12.9 Å². The molecule has 11 heteroatoms. The smallest absolute Gasteiger partial charge is 0.338 e. The molecule has 0 aliphatic carbocycles. The lowest BCUT2D eigenvalue weighted by molar-refractivity contribution is -0.0467. The Balaban J connectivity index is 1.56. The molecule has 1 aromatic heterocycles. The van der Waals surface area contributed by atoms with Crippen molar-refractivity contribution in [3.05, 3.63) is 58.0 Å². The molecule has 1 saturated heterocycles. The first-order valence-corrected chi connectivity index (χ1v) is 10.6. The molecule has 1 fully saturated rings. The van der Waals surface area contributed by atoms with E-state index in [-0.39, 0.29) is 12.6 Å². The van der Waals surface area contributed by atoms with E-state index in [0.29, 0.717) is 11.1 Å². The zero-order chi connectivity index (χ0) is 20.8. The van der Waals surface area contributed by atoms with Crippen LogP contribution < -0.4 is 10.3 Å². The second-order valence-electron chi connectivity index (χ2n) is 6.80. The highest BCUT2D eigenvalue weighted by molar-refractivity contribution is 7.86. The number of esters is 1. The molecule has 0 radical (unpaired) electrons. The second-order valence-corrected chi connectivity index (χ2v) is 8.40. The fourth-order valence-corrected chi connectivity index (χ4v) is 3.91. The van der Waals surface area contributed by atoms with Gasteiger partial charge in [0.1, 0.15) is 18.8 Å². The second kappa shape index (κ2) is 7.25. The SMILES string of the molecule is Cc1cn2c(nc1=O)O[C@H]1[C@@H](OS(C)(=O)=O)[C@@H](COC(=O)c3ccccc3)O[C@H]12. The van der Waals surface area contributed by atoms with Gasteiger partial charge in [-0.15, -0.1) is 0 Å². The van der Waals surface area contributed by atoms with Gasteiger partial charge in [-0.3, -0.25) is 13.5 Å². The Bertz CT molecular complexity index is 1100. The van der Waals surface area contributed by atoms with Crippen molar-refractivity contribution in [3.8, 4) is 6.01 Å². The zero-order valence-electron chi connectivity index (χ0n) is 15.5. The van der Waals surface area contributed by atoms with Crippen LogP contribution in [0.5, 0.6) is 6.01 Å². The highest BCUT2D eigenvalue weighted by Crippen LogP contribution is 2.41. The predicted octanol–water partition coefficient (Wildman–Crippen LogP) is 0.412. The van der Waals surface area contributed by atoms with Crippen LogP contribution >= 0.6 is 0 Å². The molecule has 29 heavy (non-hydrogen) atoms. The van der Waals surface area contributed by atoms with E-state index in [1.807, 2.05) is 0 Å². The van der Waals surface area contributed by atoms with E-state index in [2.05, 4.69) is 4.98 Å². The van der Waals surface area contributed by atoms with Crippen LogP contribution in [0, 0.1) is 6.92 Å². The minimum atomic E-state index is -3.87. The van der Waals surface area contributed by atoms with Crippen molar-refractivity contribution < 1.29 is 31.6 Å². The van der Waals surface area contributed by atoms with E-state index in [1.54, 1.807) is 37.3 Å². The maximum absolute atomic E-state index is 12.2. The predicted molar refractivity (Wildman–Crippen MR) is 98.0 cm³/mol. The van der Waals surface area contributed by atoms with Gasteiger partial charge in [0.15, 0.2) is 12.3 Å². The standard InChI is InChI=1S/C18H18N2O8S/c1-10-8-20-16-14(27-18(20)19-15(10)21)13(28-29(2,23)24)12(26-16)9-25-17(22)11-6-4-3-5-7-11/h3-8,12-14,16H,9H2,1-2H3/t12-,13+,14+,16-/m1/s1. The Morgan fingerprint density at radius 2 is 2.00 bits per heavy atom. The number of carbonyl (C=O) groups excluding carboxylic acids is 1. The Morgan fingerprint density at radius 1 is 1.28 bits per heavy atom. The summed E-state index contributed by atoms with van der Waals surface area (Å²) >= 11 is 0. The van der Waals surface area contributed by atoms with E-state index in [1.165, 1.54) is 10.8 Å². The third-order valence-corrected chi connectivity index (χ3v) is 5.14. The summed E-state index contributed by atoms with van der Waals surface area (Å²) in [7, 11) is -3.87. The normalized spacial score (nSPS) is 25.2. The first-order chi connectivity index (χ1) is 13.7. The summed E-state index contributed by atoms with van der Waals surface area (Å²) in [5, 5.41) is 0. The number of benzene rings is 1. The van der Waals surface area contributed by atoms with Crippen LogP contribution in [0.3, 0.4) is 0 Å². The third-order valence-electron chi connectivity index (χ3n) is 4.56. The lowest BCUT2D eigenvalue weighted by Crippen LogP contribution is -2.40. The number of hydrogen-bond donors (Lipinski definition) is 0. The van der Waals surface area contributed by atoms with Gasteiger partial charge in [-0.05, 0) is 19.1 Å². The van der Waals surface area contributed by atoms with Gasteiger partial charge in [0, 0.05) is 11.8 Å². The molecule has 10 nitrogen and oxygen atoms in total. The summed E-state index contributed by atoms with van der Waals surface area (Å²) in [5.74, 6) is -0.577. The van der Waals surface area contributed by atoms with Gasteiger partial charge in [0.2, 0.25) is 0 Å². The van der Waals surface area contributed by atoms with Gasteiger partial charge in [-0.1, -0.05) is 18.2 Å². The van der Waals surface area contributed by atoms with Gasteiger partial charge in [-0.2, -0.15) is 13.4 Å². The van der Waals surface area contributed by atoms with E-state index in [0.717, 1.165) is 6.26 Å². The molecule has 0 amide bonds. The van der Waals surface area contributed by atoms with Crippen LogP contribution in [0.25, 0.3) is 0 Å². The lowest BCUT2D eigenvalue weighted by Gasteiger charge is -2.20. The molecule has 2 aliphatic heterocycles. The number of fused-ring (bicyclic) bond motifs is 3. The molecule has 0 saturated carbocycles. The van der Waals surface area contributed by atoms with E-state index in [9.17, 15) is 18.0 Å². The minimum Gasteiger partial charge on any atom is -0.459 e. The first-order valence-electron chi connectivity index (χ1n) is 8.75. The van der Waals surface area contributed by atoms with Crippen molar-refractivity contribution in [1.29, 1.82) is 0 Å². The topological polar surface area (TPSA) is 123 Å². The average Bonchev–Trinajstić information content (AvgIpc) is 3.16. The third kappa shape index (κ3) is 3.88. The highest BCUT2D eigenvalue weighted by Gasteiger charge is 2.54. The fourth-order valence-electron chi connectivity index (χ4n) is 3.27. The largest absolute Gasteiger partial charge is 0.459 e. The number of carbonyl (C=O) groups is 1. The van der Waals surface area contributed by atoms with Crippen LogP contribution in [0.2, 0.25) is 0 Å². The zero-order valence-corrected chi connectivity index (χ0v) is 16.4. The summed E-state index contributed by atoms with van der Waals surface area (Å²) in [6, 6.07) is 8.37. The fraction of sp³-hybridized carbons (Fsp3) is 0.389. The molecule has 0 N–H and O–H groups in total. The molecule has 2 aliphatic rings. The molecule has 3 heterocycles. The number of nitrogens with zero attached hydrogens (tertiary/aromatic N) is 2. The van der Waals surface area contributed by atoms with Crippen molar-refractivity contribution in [2.24, 2.45) is 0 Å². The van der Waals surface area contributed by atoms with Crippen LogP contribution in [0.1, 0.15) is 22.1 Å². The number of aromatic nitrogens is 2. The summed E-state index contributed by atoms with van der Waals surface area (Å²) in [6.07, 6.45) is -1.22. The minimum absolute atomic E-state index is 0.0115. The molecule has 0 spiro atoms. The maximum Gasteiger partial charge on any atom is 0.338 e. The molecular formula is C18H18N2O8S. The number of rotatable bonds is 5. The van der Waals surface area contributed by atoms with Gasteiger partial charge >= 0.3 is 12.0 Å². The molecule has 1 aromatic carbocycles. The van der Waals surface area contributed by atoms with Gasteiger partial charge in [0.05, 0.1) is 11.8 Å². The number of ether oxygens (including phenoxy) is 3. The van der Waals surface area contributed by atoms with E-state index in [4.69, 9.17) is 18.4 Å². The summed E-state index contributed by atoms with van der Waals surface area (Å²) in [5.41, 5.74) is 0.274. The van der Waals surface area contributed by atoms with Crippen LogP contribution in [0.4, 0.5) is 0 Å². The summed E-state index contributed by atoms with van der Waals surface area (Å²) < 4.78 is 47.0. The molecule has 4 atom stereocenters. The number of hydrogen-bond acceptors (Lipinski definition) is 9. The molecule has 0 bridgehead atoms. The first kappa shape index (κ1) is 19.6. The average molecular weight is 422 g/mol. The molecule has 0 unspecified atom stereocenters.